The highest BCUT2D eigenvalue weighted by molar-refractivity contribution is 7.20. The molecule has 2 nitrogen and oxygen atoms in total. The third kappa shape index (κ3) is 5.17. The van der Waals surface area contributed by atoms with E-state index in [1.807, 2.05) is 0 Å². The van der Waals surface area contributed by atoms with E-state index in [0.717, 1.165) is 11.4 Å². The Morgan fingerprint density at radius 1 is 0.281 bits per heavy atom. The number of hydrogen-bond donors (Lipinski definition) is 0. The van der Waals surface area contributed by atoms with Crippen LogP contribution in [0.1, 0.15) is 0 Å². The van der Waals surface area contributed by atoms with E-state index in [0.29, 0.717) is 0 Å². The van der Waals surface area contributed by atoms with Gasteiger partial charge in [0.15, 0.2) is 8.07 Å². The van der Waals surface area contributed by atoms with Gasteiger partial charge in [0.25, 0.3) is 0 Å². The van der Waals surface area contributed by atoms with Gasteiger partial charge < -0.3 is 9.13 Å². The summed E-state index contributed by atoms with van der Waals surface area (Å²) in [4.78, 5) is 0. The number of hydrogen-bond acceptors (Lipinski definition) is 0. The molecule has 3 heteroatoms. The molecule has 0 N–H and O–H groups in total. The molecule has 0 spiro atoms. The lowest BCUT2D eigenvalue weighted by Gasteiger charge is -2.35. The van der Waals surface area contributed by atoms with Gasteiger partial charge in [-0.15, -0.1) is 0 Å². The molecule has 0 aliphatic carbocycles. The van der Waals surface area contributed by atoms with E-state index < -0.39 is 8.07 Å². The van der Waals surface area contributed by atoms with Crippen molar-refractivity contribution < 1.29 is 0 Å². The average molecular weight is 743 g/mol. The van der Waals surface area contributed by atoms with Gasteiger partial charge in [0.05, 0.1) is 22.1 Å². The minimum absolute atomic E-state index is 1.15. The van der Waals surface area contributed by atoms with Crippen LogP contribution >= 0.6 is 0 Å². The van der Waals surface area contributed by atoms with E-state index in [4.69, 9.17) is 0 Å². The van der Waals surface area contributed by atoms with Crippen LogP contribution in [-0.4, -0.2) is 17.2 Å². The molecule has 0 amide bonds. The van der Waals surface area contributed by atoms with Crippen molar-refractivity contribution in [1.29, 1.82) is 0 Å². The van der Waals surface area contributed by atoms with E-state index >= 15 is 0 Å². The number of benzene rings is 9. The van der Waals surface area contributed by atoms with Crippen molar-refractivity contribution in [1.82, 2.24) is 9.13 Å². The molecule has 0 bridgehead atoms. The molecule has 0 fully saturated rings. The van der Waals surface area contributed by atoms with Crippen LogP contribution in [0.15, 0.2) is 231 Å². The highest BCUT2D eigenvalue weighted by Gasteiger charge is 2.43. The zero-order valence-corrected chi connectivity index (χ0v) is 32.3. The number of aromatic nitrogens is 2. The van der Waals surface area contributed by atoms with Crippen LogP contribution in [0.4, 0.5) is 0 Å². The second-order valence-corrected chi connectivity index (χ2v) is 18.6. The predicted octanol–water partition coefficient (Wildman–Crippen LogP) is 10.9. The number of nitrogens with zero attached hydrogens (tertiary/aromatic N) is 2. The Morgan fingerprint density at radius 2 is 0.772 bits per heavy atom. The van der Waals surface area contributed by atoms with Gasteiger partial charge in [0.2, 0.25) is 0 Å². The maximum atomic E-state index is 2.56. The van der Waals surface area contributed by atoms with E-state index in [9.17, 15) is 0 Å². The molecule has 0 aliphatic heterocycles. The minimum Gasteiger partial charge on any atom is -0.309 e. The Balaban J connectivity index is 1.27. The summed E-state index contributed by atoms with van der Waals surface area (Å²) in [6, 6.07) is 85.3. The van der Waals surface area contributed by atoms with E-state index in [1.165, 1.54) is 75.5 Å². The Bertz CT molecular complexity index is 3110. The van der Waals surface area contributed by atoms with Crippen molar-refractivity contribution in [2.24, 2.45) is 0 Å². The molecule has 2 aromatic heterocycles. The maximum absolute atomic E-state index is 2.90. The molecule has 9 aromatic carbocycles. The highest BCUT2D eigenvalue weighted by Crippen LogP contribution is 2.38. The fourth-order valence-corrected chi connectivity index (χ4v) is 14.4. The third-order valence-electron chi connectivity index (χ3n) is 11.8. The second-order valence-electron chi connectivity index (χ2n) is 14.9. The molecular formula is C54H38N2Si. The molecule has 0 radical (unpaired) electrons. The molecule has 0 unspecified atom stereocenters. The summed E-state index contributed by atoms with van der Waals surface area (Å²) in [5.41, 5.74) is 9.58. The van der Waals surface area contributed by atoms with Crippen LogP contribution in [0.2, 0.25) is 0 Å². The molecule has 2 heterocycles. The molecule has 11 aromatic rings. The van der Waals surface area contributed by atoms with Gasteiger partial charge in [0.1, 0.15) is 0 Å². The van der Waals surface area contributed by atoms with E-state index in [-0.39, 0.29) is 0 Å². The first kappa shape index (κ1) is 33.2. The van der Waals surface area contributed by atoms with Gasteiger partial charge in [-0.1, -0.05) is 182 Å². The van der Waals surface area contributed by atoms with Gasteiger partial charge in [-0.05, 0) is 80.4 Å². The van der Waals surface area contributed by atoms with Crippen molar-refractivity contribution in [2.75, 3.05) is 0 Å². The summed E-state index contributed by atoms with van der Waals surface area (Å²) < 4.78 is 4.97. The first-order valence-electron chi connectivity index (χ1n) is 19.7. The number of rotatable bonds is 7. The number of para-hydroxylation sites is 3. The molecule has 0 saturated carbocycles. The fourth-order valence-electron chi connectivity index (χ4n) is 9.44. The van der Waals surface area contributed by atoms with Crippen molar-refractivity contribution in [2.45, 2.75) is 0 Å². The standard InChI is InChI=1S/C54H38N2Si/c1-6-19-39(20-7-1)40-33-35-51-48(37-40)49-38-42(34-36-52(49)55(51)41-21-8-2-9-22-41)56-50-31-17-16-29-46(50)47-30-18-32-53(54(47)56)57(43-23-10-3-11-24-43,44-25-12-4-13-26-44)45-27-14-5-15-28-45/h1-38H. The van der Waals surface area contributed by atoms with Crippen LogP contribution in [0.25, 0.3) is 66.1 Å². The molecule has 0 aliphatic rings. The second kappa shape index (κ2) is 13.5. The zero-order chi connectivity index (χ0) is 37.8. The Labute approximate surface area is 333 Å². The lowest BCUT2D eigenvalue weighted by molar-refractivity contribution is 1.17. The van der Waals surface area contributed by atoms with E-state index in [2.05, 4.69) is 240 Å². The Kier molecular flexibility index (Phi) is 7.87. The topological polar surface area (TPSA) is 9.86 Å². The first-order valence-corrected chi connectivity index (χ1v) is 21.7. The molecule has 57 heavy (non-hydrogen) atoms. The summed E-state index contributed by atoms with van der Waals surface area (Å²) in [7, 11) is -2.90. The van der Waals surface area contributed by atoms with Crippen molar-refractivity contribution in [3.8, 4) is 22.5 Å². The quantitative estimate of drug-likeness (QED) is 0.114. The maximum Gasteiger partial charge on any atom is 0.181 e. The lowest BCUT2D eigenvalue weighted by atomic mass is 10.0. The highest BCUT2D eigenvalue weighted by atomic mass is 28.3. The largest absolute Gasteiger partial charge is 0.309 e. The van der Waals surface area contributed by atoms with Gasteiger partial charge in [-0.25, -0.2) is 0 Å². The smallest absolute Gasteiger partial charge is 0.181 e. The SMILES string of the molecule is c1ccc(-c2ccc3c(c2)c2cc(-n4c5ccccc5c5cccc([Si](c6ccccc6)(c6ccccc6)c6ccccc6)c54)ccc2n3-c2ccccc2)cc1. The van der Waals surface area contributed by atoms with Gasteiger partial charge in [-0.2, -0.15) is 0 Å². The molecular weight excluding hydrogens is 705 g/mol. The first-order chi connectivity index (χ1) is 28.3. The summed E-state index contributed by atoms with van der Waals surface area (Å²) in [5.74, 6) is 0. The van der Waals surface area contributed by atoms with Crippen LogP contribution in [0.3, 0.4) is 0 Å². The molecule has 268 valence electrons. The van der Waals surface area contributed by atoms with Crippen molar-refractivity contribution >= 4 is 72.4 Å². The summed E-state index contributed by atoms with van der Waals surface area (Å²) in [6.45, 7) is 0. The molecule has 0 atom stereocenters. The number of fused-ring (bicyclic) bond motifs is 6. The minimum atomic E-state index is -2.90. The Hall–Kier alpha value is -7.20. The van der Waals surface area contributed by atoms with Gasteiger partial charge in [0, 0.05) is 32.9 Å². The average Bonchev–Trinajstić information content (AvgIpc) is 3.81. The predicted molar refractivity (Wildman–Crippen MR) is 244 cm³/mol. The zero-order valence-electron chi connectivity index (χ0n) is 31.3. The molecule has 11 rings (SSSR count). The van der Waals surface area contributed by atoms with Crippen molar-refractivity contribution in [3.63, 3.8) is 0 Å². The monoisotopic (exact) mass is 742 g/mol. The normalized spacial score (nSPS) is 11.9. The van der Waals surface area contributed by atoms with Crippen LogP contribution in [0.5, 0.6) is 0 Å². The van der Waals surface area contributed by atoms with Crippen LogP contribution < -0.4 is 20.7 Å². The molecule has 0 saturated heterocycles. The van der Waals surface area contributed by atoms with Crippen molar-refractivity contribution in [3.05, 3.63) is 231 Å². The van der Waals surface area contributed by atoms with Gasteiger partial charge in [-0.3, -0.25) is 0 Å². The Morgan fingerprint density at radius 3 is 1.40 bits per heavy atom. The fraction of sp³-hybridized carbons (Fsp3) is 0. The van der Waals surface area contributed by atoms with Crippen LogP contribution in [0, 0.1) is 0 Å². The third-order valence-corrected chi connectivity index (χ3v) is 16.7. The summed E-state index contributed by atoms with van der Waals surface area (Å²) >= 11 is 0. The van der Waals surface area contributed by atoms with E-state index in [1.54, 1.807) is 0 Å². The lowest BCUT2D eigenvalue weighted by Crippen LogP contribution is -2.75. The van der Waals surface area contributed by atoms with Crippen LogP contribution in [-0.2, 0) is 0 Å². The summed E-state index contributed by atoms with van der Waals surface area (Å²) in [6.07, 6.45) is 0. The summed E-state index contributed by atoms with van der Waals surface area (Å²) in [5, 5.41) is 10.4. The van der Waals surface area contributed by atoms with Gasteiger partial charge >= 0.3 is 0 Å².